The Bertz CT molecular complexity index is 1030. The lowest BCUT2D eigenvalue weighted by Gasteiger charge is -2.24. The first kappa shape index (κ1) is 17.3. The Morgan fingerprint density at radius 1 is 1.21 bits per heavy atom. The van der Waals surface area contributed by atoms with Crippen molar-refractivity contribution in [3.63, 3.8) is 0 Å². The van der Waals surface area contributed by atoms with Crippen LogP contribution in [0.2, 0.25) is 0 Å². The highest BCUT2D eigenvalue weighted by Crippen LogP contribution is 2.43. The standard InChI is InChI=1S/C21H23N5O2/c1-24-10-16-11-25(14-21(16,13-24)19(27)28)12-17-18(15-6-3-2-4-7-15)23-20-22-8-5-9-26(17)20/h2-9,16H,10-14H2,1H3,(H,27,28)/t16-,21-/m0/s1. The van der Waals surface area contributed by atoms with Crippen molar-refractivity contribution in [3.8, 4) is 11.3 Å². The van der Waals surface area contributed by atoms with E-state index in [1.165, 1.54) is 0 Å². The van der Waals surface area contributed by atoms with Gasteiger partial charge in [-0.3, -0.25) is 14.1 Å². The predicted octanol–water partition coefficient (Wildman–Crippen LogP) is 1.84. The second-order valence-corrected chi connectivity index (χ2v) is 8.09. The molecular weight excluding hydrogens is 354 g/mol. The van der Waals surface area contributed by atoms with Crippen LogP contribution in [0.15, 0.2) is 48.8 Å². The predicted molar refractivity (Wildman–Crippen MR) is 105 cm³/mol. The minimum absolute atomic E-state index is 0.160. The first-order chi connectivity index (χ1) is 13.6. The summed E-state index contributed by atoms with van der Waals surface area (Å²) in [6.45, 7) is 3.47. The van der Waals surface area contributed by atoms with Gasteiger partial charge in [-0.05, 0) is 13.1 Å². The molecular formula is C21H23N5O2. The Hall–Kier alpha value is -2.77. The average Bonchev–Trinajstić information content (AvgIpc) is 3.31. The van der Waals surface area contributed by atoms with Crippen molar-refractivity contribution in [2.75, 3.05) is 33.2 Å². The molecule has 0 amide bonds. The van der Waals surface area contributed by atoms with Gasteiger partial charge < -0.3 is 10.0 Å². The van der Waals surface area contributed by atoms with Crippen LogP contribution in [-0.4, -0.2) is 68.5 Å². The van der Waals surface area contributed by atoms with E-state index in [4.69, 9.17) is 4.98 Å². The number of benzene rings is 1. The van der Waals surface area contributed by atoms with E-state index in [0.29, 0.717) is 25.4 Å². The third kappa shape index (κ3) is 2.62. The molecule has 0 bridgehead atoms. The Morgan fingerprint density at radius 3 is 2.79 bits per heavy atom. The quantitative estimate of drug-likeness (QED) is 0.748. The summed E-state index contributed by atoms with van der Waals surface area (Å²) in [5.74, 6) is 0.156. The lowest BCUT2D eigenvalue weighted by Crippen LogP contribution is -2.40. The number of aliphatic carboxylic acids is 1. The summed E-state index contributed by atoms with van der Waals surface area (Å²) >= 11 is 0. The van der Waals surface area contributed by atoms with Gasteiger partial charge in [0.15, 0.2) is 0 Å². The van der Waals surface area contributed by atoms with Gasteiger partial charge in [0, 0.05) is 56.6 Å². The maximum absolute atomic E-state index is 12.1. The van der Waals surface area contributed by atoms with Crippen molar-refractivity contribution in [2.45, 2.75) is 6.54 Å². The molecule has 0 radical (unpaired) electrons. The van der Waals surface area contributed by atoms with Crippen LogP contribution in [0, 0.1) is 11.3 Å². The van der Waals surface area contributed by atoms with Gasteiger partial charge in [0.25, 0.3) is 0 Å². The maximum atomic E-state index is 12.1. The number of aromatic nitrogens is 3. The maximum Gasteiger partial charge on any atom is 0.312 e. The molecule has 2 atom stereocenters. The zero-order valence-corrected chi connectivity index (χ0v) is 15.8. The molecule has 3 aromatic rings. The summed E-state index contributed by atoms with van der Waals surface area (Å²) in [5.41, 5.74) is 2.36. The number of hydrogen-bond donors (Lipinski definition) is 1. The van der Waals surface area contributed by atoms with Crippen LogP contribution in [0.1, 0.15) is 5.69 Å². The van der Waals surface area contributed by atoms with Crippen molar-refractivity contribution in [1.82, 2.24) is 24.2 Å². The van der Waals surface area contributed by atoms with Crippen LogP contribution in [-0.2, 0) is 11.3 Å². The number of rotatable bonds is 4. The molecule has 2 fully saturated rings. The van der Waals surface area contributed by atoms with Gasteiger partial charge in [0.05, 0.1) is 16.8 Å². The molecule has 4 heterocycles. The summed E-state index contributed by atoms with van der Waals surface area (Å²) < 4.78 is 2.02. The molecule has 2 aromatic heterocycles. The average molecular weight is 377 g/mol. The van der Waals surface area contributed by atoms with Crippen LogP contribution in [0.25, 0.3) is 17.0 Å². The second kappa shape index (κ2) is 6.39. The van der Waals surface area contributed by atoms with Crippen LogP contribution in [0.3, 0.4) is 0 Å². The molecule has 144 valence electrons. The Morgan fingerprint density at radius 2 is 2.04 bits per heavy atom. The van der Waals surface area contributed by atoms with Crippen molar-refractivity contribution < 1.29 is 9.90 Å². The number of imidazole rings is 1. The normalized spacial score (nSPS) is 25.4. The van der Waals surface area contributed by atoms with E-state index >= 15 is 0 Å². The highest BCUT2D eigenvalue weighted by Gasteiger charge is 2.56. The van der Waals surface area contributed by atoms with E-state index in [9.17, 15) is 9.90 Å². The smallest absolute Gasteiger partial charge is 0.312 e. The number of carboxylic acid groups (broad SMARTS) is 1. The number of nitrogens with zero attached hydrogens (tertiary/aromatic N) is 5. The second-order valence-electron chi connectivity index (χ2n) is 8.09. The number of carboxylic acids is 1. The zero-order chi connectivity index (χ0) is 19.3. The number of carbonyl (C=O) groups is 1. The number of fused-ring (bicyclic) bond motifs is 2. The van der Waals surface area contributed by atoms with Crippen molar-refractivity contribution in [1.29, 1.82) is 0 Å². The summed E-state index contributed by atoms with van der Waals surface area (Å²) in [7, 11) is 2.01. The van der Waals surface area contributed by atoms with Crippen molar-refractivity contribution in [2.24, 2.45) is 11.3 Å². The number of likely N-dealkylation sites (tertiary alicyclic amines) is 2. The molecule has 7 nitrogen and oxygen atoms in total. The van der Waals surface area contributed by atoms with E-state index in [1.807, 2.05) is 41.9 Å². The number of hydrogen-bond acceptors (Lipinski definition) is 5. The molecule has 0 saturated carbocycles. The van der Waals surface area contributed by atoms with Gasteiger partial charge in [0.2, 0.25) is 5.78 Å². The molecule has 2 aliphatic heterocycles. The van der Waals surface area contributed by atoms with Crippen molar-refractivity contribution >= 4 is 11.7 Å². The van der Waals surface area contributed by atoms with Gasteiger partial charge in [-0.1, -0.05) is 30.3 Å². The minimum atomic E-state index is -0.674. The monoisotopic (exact) mass is 377 g/mol. The summed E-state index contributed by atoms with van der Waals surface area (Å²) in [6.07, 6.45) is 3.73. The van der Waals surface area contributed by atoms with Crippen LogP contribution in [0.4, 0.5) is 0 Å². The van der Waals surface area contributed by atoms with Gasteiger partial charge >= 0.3 is 5.97 Å². The molecule has 1 N–H and O–H groups in total. The summed E-state index contributed by atoms with van der Waals surface area (Å²) in [4.78, 5) is 25.7. The van der Waals surface area contributed by atoms with E-state index < -0.39 is 11.4 Å². The molecule has 7 heteroatoms. The highest BCUT2D eigenvalue weighted by molar-refractivity contribution is 5.77. The van der Waals surface area contributed by atoms with Crippen LogP contribution < -0.4 is 0 Å². The Balaban J connectivity index is 1.52. The molecule has 0 spiro atoms. The Labute approximate surface area is 163 Å². The Kier molecular flexibility index (Phi) is 3.96. The topological polar surface area (TPSA) is 74.0 Å². The van der Waals surface area contributed by atoms with Gasteiger partial charge in [0.1, 0.15) is 0 Å². The van der Waals surface area contributed by atoms with E-state index in [1.54, 1.807) is 6.20 Å². The zero-order valence-electron chi connectivity index (χ0n) is 15.8. The molecule has 1 aromatic carbocycles. The molecule has 0 aliphatic carbocycles. The third-order valence-corrected chi connectivity index (χ3v) is 6.20. The van der Waals surface area contributed by atoms with Crippen LogP contribution in [0.5, 0.6) is 0 Å². The first-order valence-electron chi connectivity index (χ1n) is 9.58. The van der Waals surface area contributed by atoms with Crippen LogP contribution >= 0.6 is 0 Å². The SMILES string of the molecule is CN1C[C@H]2CN(Cc3c(-c4ccccc4)nc4ncccn34)C[C@@]2(C(=O)O)C1. The summed E-state index contributed by atoms with van der Waals surface area (Å²) in [5, 5.41) is 9.96. The molecule has 28 heavy (non-hydrogen) atoms. The molecule has 2 saturated heterocycles. The molecule has 5 rings (SSSR count). The largest absolute Gasteiger partial charge is 0.481 e. The fourth-order valence-corrected chi connectivity index (χ4v) is 4.97. The molecule has 0 unspecified atom stereocenters. The van der Waals surface area contributed by atoms with E-state index in [2.05, 4.69) is 26.9 Å². The lowest BCUT2D eigenvalue weighted by atomic mass is 9.81. The highest BCUT2D eigenvalue weighted by atomic mass is 16.4. The van der Waals surface area contributed by atoms with Crippen molar-refractivity contribution in [3.05, 3.63) is 54.5 Å². The third-order valence-electron chi connectivity index (χ3n) is 6.20. The first-order valence-corrected chi connectivity index (χ1v) is 9.58. The van der Waals surface area contributed by atoms with E-state index in [-0.39, 0.29) is 5.92 Å². The lowest BCUT2D eigenvalue weighted by molar-refractivity contribution is -0.148. The fourth-order valence-electron chi connectivity index (χ4n) is 4.97. The minimum Gasteiger partial charge on any atom is -0.481 e. The molecule has 2 aliphatic rings. The van der Waals surface area contributed by atoms with Gasteiger partial charge in [-0.2, -0.15) is 0 Å². The van der Waals surface area contributed by atoms with Gasteiger partial charge in [-0.15, -0.1) is 0 Å². The van der Waals surface area contributed by atoms with Gasteiger partial charge in [-0.25, -0.2) is 9.97 Å². The fraction of sp³-hybridized carbons (Fsp3) is 0.381. The van der Waals surface area contributed by atoms with E-state index in [0.717, 1.165) is 30.0 Å². The summed E-state index contributed by atoms with van der Waals surface area (Å²) in [6, 6.07) is 12.0.